The van der Waals surface area contributed by atoms with E-state index in [1.807, 2.05) is 13.8 Å². The van der Waals surface area contributed by atoms with Gasteiger partial charge in [-0.25, -0.2) is 4.79 Å². The molecular formula is C28H40O11. The van der Waals surface area contributed by atoms with Crippen molar-refractivity contribution >= 4 is 23.9 Å². The Bertz CT molecular complexity index is 1080. The average Bonchev–Trinajstić information content (AvgIpc) is 3.40. The van der Waals surface area contributed by atoms with Gasteiger partial charge in [0.15, 0.2) is 17.3 Å². The minimum atomic E-state index is -1.93. The number of hydrogen-bond donors (Lipinski definition) is 2. The first-order valence-electron chi connectivity index (χ1n) is 13.6. The molecule has 0 aromatic carbocycles. The minimum Gasteiger partial charge on any atom is -0.462 e. The Morgan fingerprint density at radius 3 is 2.23 bits per heavy atom. The zero-order valence-corrected chi connectivity index (χ0v) is 23.6. The minimum absolute atomic E-state index is 0.0989. The highest BCUT2D eigenvalue weighted by Crippen LogP contribution is 2.65. The maximum Gasteiger partial charge on any atom is 0.342 e. The summed E-state index contributed by atoms with van der Waals surface area (Å²) in [5, 5.41) is 24.5. The molecule has 2 N–H and O–H groups in total. The van der Waals surface area contributed by atoms with Crippen LogP contribution in [0.2, 0.25) is 0 Å². The molecule has 0 amide bonds. The van der Waals surface area contributed by atoms with E-state index in [4.69, 9.17) is 23.7 Å². The fourth-order valence-corrected chi connectivity index (χ4v) is 7.22. The van der Waals surface area contributed by atoms with Crippen molar-refractivity contribution in [3.05, 3.63) is 11.6 Å². The van der Waals surface area contributed by atoms with Crippen molar-refractivity contribution in [3.8, 4) is 0 Å². The topological polar surface area (TPSA) is 158 Å². The molecule has 0 unspecified atom stereocenters. The standard InChI is InChI=1S/C28H40O11/c1-8-9-21(31)37-19-13-18(36-16(4)30)25(5)17(35-15(3)29)11-10-14(2)12-20-28(23(32)22(25)26(19,6)34)27(7,39-28)24(33)38-20/h12,17-20,22-23,32,34H,8-11,13H2,1-7H3/b14-12-/t17-,18+,19-,20+,22-,23-,25+,26+,27+,28-/m1/s1. The number of ether oxygens (including phenoxy) is 5. The van der Waals surface area contributed by atoms with Gasteiger partial charge in [0.25, 0.3) is 0 Å². The van der Waals surface area contributed by atoms with Gasteiger partial charge in [0.2, 0.25) is 0 Å². The van der Waals surface area contributed by atoms with Crippen LogP contribution >= 0.6 is 0 Å². The lowest BCUT2D eigenvalue weighted by molar-refractivity contribution is -0.274. The highest BCUT2D eigenvalue weighted by molar-refractivity contribution is 5.89. The second-order valence-corrected chi connectivity index (χ2v) is 12.0. The number of aliphatic hydroxyl groups is 2. The Balaban J connectivity index is 1.94. The van der Waals surface area contributed by atoms with Crippen LogP contribution in [0, 0.1) is 11.3 Å². The normalized spacial score (nSPS) is 46.3. The lowest BCUT2D eigenvalue weighted by Gasteiger charge is -2.59. The molecular weight excluding hydrogens is 512 g/mol. The van der Waals surface area contributed by atoms with E-state index in [1.54, 1.807) is 13.0 Å². The van der Waals surface area contributed by atoms with E-state index in [2.05, 4.69) is 0 Å². The molecule has 3 fully saturated rings. The number of carbonyl (C=O) groups excluding carboxylic acids is 4. The molecule has 11 heteroatoms. The summed E-state index contributed by atoms with van der Waals surface area (Å²) in [4.78, 5) is 50.2. The van der Waals surface area contributed by atoms with E-state index in [0.717, 1.165) is 5.57 Å². The van der Waals surface area contributed by atoms with Gasteiger partial charge in [-0.3, -0.25) is 14.4 Å². The molecule has 0 bridgehead atoms. The fourth-order valence-electron chi connectivity index (χ4n) is 7.22. The van der Waals surface area contributed by atoms with Crippen molar-refractivity contribution in [2.75, 3.05) is 0 Å². The molecule has 4 aliphatic rings. The first-order chi connectivity index (χ1) is 18.0. The van der Waals surface area contributed by atoms with Crippen LogP contribution < -0.4 is 0 Å². The first kappa shape index (κ1) is 29.5. The highest BCUT2D eigenvalue weighted by Gasteiger charge is 2.87. The lowest BCUT2D eigenvalue weighted by Crippen LogP contribution is -2.72. The molecule has 11 nitrogen and oxygen atoms in total. The maximum absolute atomic E-state index is 12.9. The predicted molar refractivity (Wildman–Crippen MR) is 134 cm³/mol. The van der Waals surface area contributed by atoms with E-state index < -0.39 is 82.5 Å². The van der Waals surface area contributed by atoms with Gasteiger partial charge < -0.3 is 33.9 Å². The van der Waals surface area contributed by atoms with Gasteiger partial charge in [0.05, 0.1) is 11.5 Å². The van der Waals surface area contributed by atoms with Crippen LogP contribution in [0.4, 0.5) is 0 Å². The number of allylic oxidation sites excluding steroid dienone is 1. The Hall–Kier alpha value is -2.50. The molecule has 218 valence electrons. The Kier molecular flexibility index (Phi) is 7.45. The Labute approximate surface area is 228 Å². The summed E-state index contributed by atoms with van der Waals surface area (Å²) >= 11 is 0. The Morgan fingerprint density at radius 1 is 1.05 bits per heavy atom. The molecule has 2 heterocycles. The summed E-state index contributed by atoms with van der Waals surface area (Å²) in [6.07, 6.45) is -2.79. The monoisotopic (exact) mass is 552 g/mol. The van der Waals surface area contributed by atoms with Crippen LogP contribution in [-0.2, 0) is 42.9 Å². The SMILES string of the molecule is CCCC(=O)O[C@@H]1C[C@H](OC(C)=O)[C@]2(C)[C@H](OC(C)=O)CC/C(C)=C\[C@@H]3OC(=O)[C@]4(C)O[C@@]34[C@H](O)[C@H]2[C@@]1(C)O. The van der Waals surface area contributed by atoms with E-state index in [9.17, 15) is 29.4 Å². The van der Waals surface area contributed by atoms with Gasteiger partial charge in [-0.2, -0.15) is 0 Å². The maximum atomic E-state index is 12.9. The number of rotatable bonds is 5. The molecule has 0 aromatic rings. The number of fused-ring (bicyclic) bond motifs is 1. The van der Waals surface area contributed by atoms with Crippen LogP contribution in [0.1, 0.15) is 80.6 Å². The molecule has 0 aromatic heterocycles. The van der Waals surface area contributed by atoms with Crippen LogP contribution in [-0.4, -0.2) is 81.4 Å². The third-order valence-corrected chi connectivity index (χ3v) is 9.23. The van der Waals surface area contributed by atoms with E-state index in [0.29, 0.717) is 12.8 Å². The van der Waals surface area contributed by atoms with Crippen molar-refractivity contribution in [3.63, 3.8) is 0 Å². The number of epoxide rings is 1. The Morgan fingerprint density at radius 2 is 1.67 bits per heavy atom. The van der Waals surface area contributed by atoms with Gasteiger partial charge in [0, 0.05) is 32.6 Å². The molecule has 10 atom stereocenters. The third kappa shape index (κ3) is 4.46. The molecule has 1 saturated carbocycles. The quantitative estimate of drug-likeness (QED) is 0.222. The zero-order valence-electron chi connectivity index (χ0n) is 23.6. The molecule has 1 spiro atoms. The summed E-state index contributed by atoms with van der Waals surface area (Å²) < 4.78 is 29.0. The summed E-state index contributed by atoms with van der Waals surface area (Å²) in [6.45, 7) is 10.8. The predicted octanol–water partition coefficient (Wildman–Crippen LogP) is 1.89. The van der Waals surface area contributed by atoms with Crippen molar-refractivity contribution in [1.82, 2.24) is 0 Å². The van der Waals surface area contributed by atoms with Crippen molar-refractivity contribution in [2.24, 2.45) is 11.3 Å². The van der Waals surface area contributed by atoms with Crippen LogP contribution in [0.25, 0.3) is 0 Å². The second kappa shape index (κ2) is 9.85. The number of esters is 4. The smallest absolute Gasteiger partial charge is 0.342 e. The first-order valence-corrected chi connectivity index (χ1v) is 13.6. The molecule has 2 saturated heterocycles. The van der Waals surface area contributed by atoms with Crippen molar-refractivity contribution in [1.29, 1.82) is 0 Å². The van der Waals surface area contributed by atoms with E-state index in [1.165, 1.54) is 27.7 Å². The number of aliphatic hydroxyl groups excluding tert-OH is 1. The molecule has 4 rings (SSSR count). The third-order valence-electron chi connectivity index (χ3n) is 9.23. The van der Waals surface area contributed by atoms with Crippen molar-refractivity contribution in [2.45, 2.75) is 128 Å². The summed E-state index contributed by atoms with van der Waals surface area (Å²) in [5.74, 6) is -3.69. The van der Waals surface area contributed by atoms with Crippen LogP contribution in [0.3, 0.4) is 0 Å². The van der Waals surface area contributed by atoms with E-state index >= 15 is 0 Å². The van der Waals surface area contributed by atoms with E-state index in [-0.39, 0.29) is 19.3 Å². The molecule has 0 radical (unpaired) electrons. The summed E-state index contributed by atoms with van der Waals surface area (Å²) in [7, 11) is 0. The van der Waals surface area contributed by atoms with Gasteiger partial charge >= 0.3 is 23.9 Å². The second-order valence-electron chi connectivity index (χ2n) is 12.0. The van der Waals surface area contributed by atoms with Crippen LogP contribution in [0.15, 0.2) is 11.6 Å². The molecule has 2 aliphatic carbocycles. The summed E-state index contributed by atoms with van der Waals surface area (Å²) in [6, 6.07) is 0. The van der Waals surface area contributed by atoms with Gasteiger partial charge in [-0.1, -0.05) is 19.4 Å². The largest absolute Gasteiger partial charge is 0.462 e. The fraction of sp³-hybridized carbons (Fsp3) is 0.786. The number of hydrogen-bond acceptors (Lipinski definition) is 11. The number of carbonyl (C=O) groups is 4. The van der Waals surface area contributed by atoms with Gasteiger partial charge in [0.1, 0.15) is 23.9 Å². The highest BCUT2D eigenvalue weighted by atomic mass is 16.7. The van der Waals surface area contributed by atoms with Crippen molar-refractivity contribution < 1.29 is 53.1 Å². The van der Waals surface area contributed by atoms with Gasteiger partial charge in [-0.15, -0.1) is 0 Å². The van der Waals surface area contributed by atoms with Crippen LogP contribution in [0.5, 0.6) is 0 Å². The summed E-state index contributed by atoms with van der Waals surface area (Å²) in [5.41, 5.74) is -5.58. The zero-order chi connectivity index (χ0) is 29.1. The van der Waals surface area contributed by atoms with Gasteiger partial charge in [-0.05, 0) is 46.1 Å². The lowest BCUT2D eigenvalue weighted by atomic mass is 9.51. The molecule has 2 aliphatic heterocycles. The molecule has 39 heavy (non-hydrogen) atoms. The average molecular weight is 553 g/mol.